The first-order valence-electron chi connectivity index (χ1n) is 5.81. The number of esters is 1. The molecule has 4 nitrogen and oxygen atoms in total. The Balaban J connectivity index is 3.02. The molecule has 1 fully saturated rings. The topological polar surface area (TPSA) is 46.6 Å². The molecule has 6 heteroatoms. The normalized spacial score (nSPS) is 28.3. The Labute approximate surface area is 119 Å². The number of nitrogens with zero attached hydrogens (tertiary/aromatic N) is 1. The van der Waals surface area contributed by atoms with Crippen molar-refractivity contribution in [3.63, 3.8) is 0 Å². The van der Waals surface area contributed by atoms with Gasteiger partial charge in [0, 0.05) is 0 Å². The number of ether oxygens (including phenoxy) is 1. The van der Waals surface area contributed by atoms with Crippen LogP contribution in [0.25, 0.3) is 0 Å². The number of hydrogen-bond donors (Lipinski definition) is 0. The zero-order valence-corrected chi connectivity index (χ0v) is 14.0. The molecule has 3 atom stereocenters. The molecule has 104 valence electrons. The summed E-state index contributed by atoms with van der Waals surface area (Å²) in [6.45, 7) is 6.35. The van der Waals surface area contributed by atoms with Gasteiger partial charge in [0.2, 0.25) is 0 Å². The standard InChI is InChI=1S/C12H21NO3SSe/c1-12(2,3)11-13(7-14)9(10(15)16-4)8(18-11)6-17-5/h7-9,11H,6H2,1-5H3/t8-,9+,11-/m1/s1. The molecule has 0 bridgehead atoms. The molecule has 1 aliphatic rings. The van der Waals surface area contributed by atoms with Gasteiger partial charge in [-0.05, 0) is 0 Å². The summed E-state index contributed by atoms with van der Waals surface area (Å²) in [6, 6.07) is -0.399. The number of methoxy groups -OCH3 is 1. The summed E-state index contributed by atoms with van der Waals surface area (Å²) in [5.41, 5.74) is 0.000337. The van der Waals surface area contributed by atoms with Gasteiger partial charge in [-0.15, -0.1) is 0 Å². The van der Waals surface area contributed by atoms with Crippen LogP contribution in [0.2, 0.25) is 4.82 Å². The van der Waals surface area contributed by atoms with E-state index in [2.05, 4.69) is 20.8 Å². The van der Waals surface area contributed by atoms with Crippen LogP contribution >= 0.6 is 11.8 Å². The molecule has 1 saturated heterocycles. The van der Waals surface area contributed by atoms with Crippen LogP contribution in [0.1, 0.15) is 20.8 Å². The van der Waals surface area contributed by atoms with Crippen LogP contribution in [0.15, 0.2) is 0 Å². The third-order valence-corrected chi connectivity index (χ3v) is 8.21. The first-order valence-corrected chi connectivity index (χ1v) is 9.19. The molecule has 1 heterocycles. The van der Waals surface area contributed by atoms with Crippen molar-refractivity contribution in [2.45, 2.75) is 36.6 Å². The van der Waals surface area contributed by atoms with Crippen molar-refractivity contribution in [3.05, 3.63) is 0 Å². The number of carbonyl (C=O) groups excluding carboxylic acids is 2. The van der Waals surface area contributed by atoms with Crippen LogP contribution in [-0.2, 0) is 14.3 Å². The molecule has 0 aromatic heterocycles. The van der Waals surface area contributed by atoms with Crippen molar-refractivity contribution >= 4 is 39.1 Å². The number of rotatable bonds is 4. The summed E-state index contributed by atoms with van der Waals surface area (Å²) >= 11 is 1.96. The molecule has 1 aliphatic heterocycles. The Bertz CT molecular complexity index is 319. The third-order valence-electron chi connectivity index (χ3n) is 2.88. The molecule has 0 spiro atoms. The van der Waals surface area contributed by atoms with Crippen LogP contribution in [0, 0.1) is 5.41 Å². The zero-order valence-electron chi connectivity index (χ0n) is 11.5. The minimum atomic E-state index is -0.399. The second-order valence-corrected chi connectivity index (χ2v) is 9.06. The quantitative estimate of drug-likeness (QED) is 0.439. The second-order valence-electron chi connectivity index (χ2n) is 5.37. The first-order chi connectivity index (χ1) is 8.36. The number of thioether (sulfide) groups is 1. The Hall–Kier alpha value is -0.191. The van der Waals surface area contributed by atoms with E-state index in [0.717, 1.165) is 12.2 Å². The molecule has 0 radical (unpaired) electrons. The van der Waals surface area contributed by atoms with Crippen molar-refractivity contribution in [1.82, 2.24) is 4.90 Å². The van der Waals surface area contributed by atoms with Crippen LogP contribution in [0.3, 0.4) is 0 Å². The van der Waals surface area contributed by atoms with E-state index >= 15 is 0 Å². The van der Waals surface area contributed by atoms with E-state index in [1.54, 1.807) is 16.7 Å². The van der Waals surface area contributed by atoms with E-state index in [0.29, 0.717) is 0 Å². The molecule has 0 aromatic carbocycles. The van der Waals surface area contributed by atoms with Crippen LogP contribution in [-0.4, -0.2) is 62.3 Å². The van der Waals surface area contributed by atoms with Gasteiger partial charge in [0.05, 0.1) is 0 Å². The molecule has 0 aliphatic carbocycles. The molecule has 1 amide bonds. The van der Waals surface area contributed by atoms with E-state index in [1.165, 1.54) is 7.11 Å². The van der Waals surface area contributed by atoms with E-state index in [-0.39, 0.29) is 36.1 Å². The van der Waals surface area contributed by atoms with Crippen molar-refractivity contribution in [2.75, 3.05) is 19.1 Å². The van der Waals surface area contributed by atoms with E-state index in [1.807, 2.05) is 6.26 Å². The molecular weight excluding hydrogens is 317 g/mol. The van der Waals surface area contributed by atoms with Gasteiger partial charge in [0.25, 0.3) is 0 Å². The van der Waals surface area contributed by atoms with Crippen molar-refractivity contribution in [2.24, 2.45) is 5.41 Å². The number of carbonyl (C=O) groups is 2. The number of amides is 1. The van der Waals surface area contributed by atoms with Gasteiger partial charge in [-0.3, -0.25) is 0 Å². The molecule has 0 saturated carbocycles. The van der Waals surface area contributed by atoms with E-state index < -0.39 is 6.04 Å². The van der Waals surface area contributed by atoms with E-state index in [9.17, 15) is 9.59 Å². The predicted molar refractivity (Wildman–Crippen MR) is 74.8 cm³/mol. The Morgan fingerprint density at radius 1 is 1.50 bits per heavy atom. The summed E-state index contributed by atoms with van der Waals surface area (Å²) in [7, 11) is 1.39. The van der Waals surface area contributed by atoms with E-state index in [4.69, 9.17) is 4.74 Å². The Kier molecular flexibility index (Phi) is 5.56. The van der Waals surface area contributed by atoms with Gasteiger partial charge >= 0.3 is 119 Å². The van der Waals surface area contributed by atoms with Crippen molar-refractivity contribution in [3.8, 4) is 0 Å². The fraction of sp³-hybridized carbons (Fsp3) is 0.833. The predicted octanol–water partition coefficient (Wildman–Crippen LogP) is 1.23. The average molecular weight is 338 g/mol. The monoisotopic (exact) mass is 339 g/mol. The summed E-state index contributed by atoms with van der Waals surface area (Å²) in [4.78, 5) is 25.4. The van der Waals surface area contributed by atoms with Gasteiger partial charge in [-0.25, -0.2) is 0 Å². The van der Waals surface area contributed by atoms with Gasteiger partial charge < -0.3 is 0 Å². The minimum absolute atomic E-state index is 0.000337. The summed E-state index contributed by atoms with van der Waals surface area (Å²) in [5.74, 6) is 0.617. The molecule has 18 heavy (non-hydrogen) atoms. The SMILES string of the molecule is COC(=O)[C@@H]1[C@@H](CSC)[Se][C@H](C(C)(C)C)N1C=O. The van der Waals surface area contributed by atoms with Gasteiger partial charge in [0.1, 0.15) is 0 Å². The summed E-state index contributed by atoms with van der Waals surface area (Å²) < 4.78 is 4.87. The summed E-state index contributed by atoms with van der Waals surface area (Å²) in [6.07, 6.45) is 2.85. The average Bonchev–Trinajstić information content (AvgIpc) is 2.67. The van der Waals surface area contributed by atoms with Gasteiger partial charge in [-0.2, -0.15) is 0 Å². The molecule has 0 aromatic rings. The van der Waals surface area contributed by atoms with Gasteiger partial charge in [-0.1, -0.05) is 0 Å². The zero-order chi connectivity index (χ0) is 13.9. The second kappa shape index (κ2) is 6.31. The molecule has 1 rings (SSSR count). The molecular formula is C12H21NO3SSe. The maximum absolute atomic E-state index is 11.9. The third kappa shape index (κ3) is 3.22. The fourth-order valence-electron chi connectivity index (χ4n) is 2.11. The van der Waals surface area contributed by atoms with Crippen LogP contribution in [0.4, 0.5) is 0 Å². The van der Waals surface area contributed by atoms with Crippen LogP contribution in [0.5, 0.6) is 0 Å². The maximum atomic E-state index is 11.9. The number of hydrogen-bond acceptors (Lipinski definition) is 4. The van der Waals surface area contributed by atoms with Gasteiger partial charge in [0.15, 0.2) is 0 Å². The Morgan fingerprint density at radius 2 is 2.11 bits per heavy atom. The van der Waals surface area contributed by atoms with Crippen molar-refractivity contribution in [1.29, 1.82) is 0 Å². The first kappa shape index (κ1) is 15.9. The molecule has 0 N–H and O–H groups in total. The summed E-state index contributed by atoms with van der Waals surface area (Å²) in [5, 5.41) is 0. The van der Waals surface area contributed by atoms with Crippen molar-refractivity contribution < 1.29 is 14.3 Å². The molecule has 0 unspecified atom stereocenters. The Morgan fingerprint density at radius 3 is 2.50 bits per heavy atom. The fourth-order valence-corrected chi connectivity index (χ4v) is 7.12. The van der Waals surface area contributed by atoms with Crippen LogP contribution < -0.4 is 0 Å².